The highest BCUT2D eigenvalue weighted by molar-refractivity contribution is 7.15. The van der Waals surface area contributed by atoms with Gasteiger partial charge in [-0.05, 0) is 18.7 Å². The highest BCUT2D eigenvalue weighted by Gasteiger charge is 2.12. The van der Waals surface area contributed by atoms with Gasteiger partial charge in [0.05, 0.1) is 10.6 Å². The molecule has 0 spiro atoms. The van der Waals surface area contributed by atoms with Crippen LogP contribution in [0.4, 0.5) is 5.13 Å². The summed E-state index contributed by atoms with van der Waals surface area (Å²) in [5.74, 6) is -0.295. The highest BCUT2D eigenvalue weighted by Crippen LogP contribution is 2.19. The standard InChI is InChI=1S/C11H11ClN4OS/c12-8-4-2-1-3-7(8)10(17)14-11-16-15-9(18-11)5-6-13/h1-4H,5-6,13H2,(H,14,16,17). The Hall–Kier alpha value is -1.50. The molecule has 0 bridgehead atoms. The van der Waals surface area contributed by atoms with Crippen molar-refractivity contribution in [1.82, 2.24) is 10.2 Å². The van der Waals surface area contributed by atoms with E-state index in [1.165, 1.54) is 11.3 Å². The van der Waals surface area contributed by atoms with Crippen LogP contribution < -0.4 is 11.1 Å². The Balaban J connectivity index is 2.09. The van der Waals surface area contributed by atoms with Gasteiger partial charge in [0.1, 0.15) is 5.01 Å². The van der Waals surface area contributed by atoms with Gasteiger partial charge in [0.2, 0.25) is 5.13 Å². The molecule has 0 saturated carbocycles. The Morgan fingerprint density at radius 1 is 1.39 bits per heavy atom. The van der Waals surface area contributed by atoms with E-state index in [1.807, 2.05) is 0 Å². The first-order valence-corrected chi connectivity index (χ1v) is 6.48. The van der Waals surface area contributed by atoms with Crippen LogP contribution in [0.15, 0.2) is 24.3 Å². The highest BCUT2D eigenvalue weighted by atomic mass is 35.5. The summed E-state index contributed by atoms with van der Waals surface area (Å²) < 4.78 is 0. The zero-order chi connectivity index (χ0) is 13.0. The molecule has 1 heterocycles. The molecular formula is C11H11ClN4OS. The van der Waals surface area contributed by atoms with Gasteiger partial charge in [-0.15, -0.1) is 10.2 Å². The molecule has 5 nitrogen and oxygen atoms in total. The van der Waals surface area contributed by atoms with Crippen LogP contribution in [0.3, 0.4) is 0 Å². The number of aromatic nitrogens is 2. The summed E-state index contributed by atoms with van der Waals surface area (Å²) in [5.41, 5.74) is 5.83. The van der Waals surface area contributed by atoms with Crippen LogP contribution in [0.25, 0.3) is 0 Å². The molecule has 0 unspecified atom stereocenters. The Morgan fingerprint density at radius 3 is 2.89 bits per heavy atom. The lowest BCUT2D eigenvalue weighted by Crippen LogP contribution is -2.12. The maximum absolute atomic E-state index is 11.9. The molecule has 0 aliphatic rings. The molecule has 0 aliphatic heterocycles. The predicted octanol–water partition coefficient (Wildman–Crippen LogP) is 1.94. The van der Waals surface area contributed by atoms with Crippen LogP contribution in [0, 0.1) is 0 Å². The van der Waals surface area contributed by atoms with Crippen molar-refractivity contribution in [2.45, 2.75) is 6.42 Å². The average molecular weight is 283 g/mol. The molecule has 0 aliphatic carbocycles. The van der Waals surface area contributed by atoms with Crippen LogP contribution in [0.2, 0.25) is 5.02 Å². The van der Waals surface area contributed by atoms with E-state index in [9.17, 15) is 4.79 Å². The summed E-state index contributed by atoms with van der Waals surface area (Å²) in [5, 5.41) is 12.1. The fourth-order valence-electron chi connectivity index (χ4n) is 1.34. The number of nitrogens with one attached hydrogen (secondary N) is 1. The van der Waals surface area contributed by atoms with Gasteiger partial charge < -0.3 is 5.73 Å². The Kier molecular flexibility index (Phi) is 4.24. The largest absolute Gasteiger partial charge is 0.330 e. The van der Waals surface area contributed by atoms with Crippen molar-refractivity contribution in [3.05, 3.63) is 39.9 Å². The van der Waals surface area contributed by atoms with E-state index in [-0.39, 0.29) is 5.91 Å². The SMILES string of the molecule is NCCc1nnc(NC(=O)c2ccccc2Cl)s1. The van der Waals surface area contributed by atoms with Crippen LogP contribution in [-0.4, -0.2) is 22.6 Å². The van der Waals surface area contributed by atoms with E-state index < -0.39 is 0 Å². The maximum Gasteiger partial charge on any atom is 0.259 e. The van der Waals surface area contributed by atoms with Gasteiger partial charge in [0.15, 0.2) is 0 Å². The van der Waals surface area contributed by atoms with Crippen molar-refractivity contribution in [2.24, 2.45) is 5.73 Å². The van der Waals surface area contributed by atoms with Gasteiger partial charge in [-0.25, -0.2) is 0 Å². The molecule has 1 amide bonds. The number of carbonyl (C=O) groups is 1. The summed E-state index contributed by atoms with van der Waals surface area (Å²) in [6.45, 7) is 0.507. The fourth-order valence-corrected chi connectivity index (χ4v) is 2.31. The lowest BCUT2D eigenvalue weighted by atomic mass is 10.2. The van der Waals surface area contributed by atoms with E-state index in [0.717, 1.165) is 5.01 Å². The number of hydrogen-bond acceptors (Lipinski definition) is 5. The summed E-state index contributed by atoms with van der Waals surface area (Å²) in [4.78, 5) is 11.9. The van der Waals surface area contributed by atoms with Crippen LogP contribution in [-0.2, 0) is 6.42 Å². The minimum atomic E-state index is -0.295. The third-order valence-corrected chi connectivity index (χ3v) is 3.39. The van der Waals surface area contributed by atoms with Crippen molar-refractivity contribution in [3.63, 3.8) is 0 Å². The normalized spacial score (nSPS) is 10.3. The Labute approximate surface area is 113 Å². The molecule has 0 saturated heterocycles. The number of rotatable bonds is 4. The first kappa shape index (κ1) is 12.9. The zero-order valence-corrected chi connectivity index (χ0v) is 11.0. The average Bonchev–Trinajstić information content (AvgIpc) is 2.77. The van der Waals surface area contributed by atoms with Crippen molar-refractivity contribution >= 4 is 34.0 Å². The number of nitrogens with two attached hydrogens (primary N) is 1. The monoisotopic (exact) mass is 282 g/mol. The second-order valence-corrected chi connectivity index (χ2v) is 4.94. The summed E-state index contributed by atoms with van der Waals surface area (Å²) in [6, 6.07) is 6.83. The maximum atomic E-state index is 11.9. The van der Waals surface area contributed by atoms with Gasteiger partial charge in [-0.1, -0.05) is 35.1 Å². The zero-order valence-electron chi connectivity index (χ0n) is 9.39. The van der Waals surface area contributed by atoms with Crippen molar-refractivity contribution in [3.8, 4) is 0 Å². The third kappa shape index (κ3) is 3.04. The molecule has 0 atom stereocenters. The van der Waals surface area contributed by atoms with Crippen molar-refractivity contribution < 1.29 is 4.79 Å². The molecule has 94 valence electrons. The second kappa shape index (κ2) is 5.90. The number of halogens is 1. The lowest BCUT2D eigenvalue weighted by molar-refractivity contribution is 0.102. The number of amides is 1. The molecule has 3 N–H and O–H groups in total. The minimum absolute atomic E-state index is 0.295. The molecule has 0 radical (unpaired) electrons. The molecule has 1 aromatic heterocycles. The first-order chi connectivity index (χ1) is 8.70. The van der Waals surface area contributed by atoms with Gasteiger partial charge in [-0.2, -0.15) is 0 Å². The van der Waals surface area contributed by atoms with E-state index in [4.69, 9.17) is 17.3 Å². The number of benzene rings is 1. The second-order valence-electron chi connectivity index (χ2n) is 3.47. The summed E-state index contributed by atoms with van der Waals surface area (Å²) in [7, 11) is 0. The van der Waals surface area contributed by atoms with Gasteiger partial charge in [-0.3, -0.25) is 10.1 Å². The molecule has 18 heavy (non-hydrogen) atoms. The number of carbonyl (C=O) groups excluding carboxylic acids is 1. The minimum Gasteiger partial charge on any atom is -0.330 e. The Morgan fingerprint density at radius 2 is 2.17 bits per heavy atom. The topological polar surface area (TPSA) is 80.9 Å². The van der Waals surface area contributed by atoms with E-state index in [1.54, 1.807) is 24.3 Å². The summed E-state index contributed by atoms with van der Waals surface area (Å²) in [6.07, 6.45) is 0.652. The number of nitrogens with zero attached hydrogens (tertiary/aromatic N) is 2. The summed E-state index contributed by atoms with van der Waals surface area (Å²) >= 11 is 7.24. The van der Waals surface area contributed by atoms with Gasteiger partial charge >= 0.3 is 0 Å². The van der Waals surface area contributed by atoms with E-state index >= 15 is 0 Å². The molecule has 0 fully saturated rings. The Bertz CT molecular complexity index is 557. The van der Waals surface area contributed by atoms with Gasteiger partial charge in [0.25, 0.3) is 5.91 Å². The number of hydrogen-bond donors (Lipinski definition) is 2. The lowest BCUT2D eigenvalue weighted by Gasteiger charge is -2.02. The number of anilines is 1. The van der Waals surface area contributed by atoms with E-state index in [0.29, 0.717) is 28.7 Å². The fraction of sp³-hybridized carbons (Fsp3) is 0.182. The van der Waals surface area contributed by atoms with Crippen LogP contribution in [0.1, 0.15) is 15.4 Å². The molecular weight excluding hydrogens is 272 g/mol. The predicted molar refractivity (Wildman–Crippen MR) is 72.1 cm³/mol. The first-order valence-electron chi connectivity index (χ1n) is 5.29. The molecule has 2 aromatic rings. The third-order valence-electron chi connectivity index (χ3n) is 2.16. The molecule has 2 rings (SSSR count). The van der Waals surface area contributed by atoms with E-state index in [2.05, 4.69) is 15.5 Å². The smallest absolute Gasteiger partial charge is 0.259 e. The van der Waals surface area contributed by atoms with Crippen molar-refractivity contribution in [2.75, 3.05) is 11.9 Å². The molecule has 7 heteroatoms. The van der Waals surface area contributed by atoms with Crippen LogP contribution in [0.5, 0.6) is 0 Å². The molecule has 1 aromatic carbocycles. The van der Waals surface area contributed by atoms with Crippen LogP contribution >= 0.6 is 22.9 Å². The van der Waals surface area contributed by atoms with Crippen molar-refractivity contribution in [1.29, 1.82) is 0 Å². The van der Waals surface area contributed by atoms with Gasteiger partial charge in [0, 0.05) is 6.42 Å². The quantitative estimate of drug-likeness (QED) is 0.898.